The fraction of sp³-hybridized carbons (Fsp3) is 0.933. The van der Waals surface area contributed by atoms with Crippen LogP contribution in [-0.2, 0) is 14.3 Å². The number of amides is 1. The molecule has 2 unspecified atom stereocenters. The van der Waals surface area contributed by atoms with E-state index < -0.39 is 0 Å². The third kappa shape index (κ3) is 5.74. The van der Waals surface area contributed by atoms with E-state index in [0.717, 1.165) is 13.0 Å². The monoisotopic (exact) mass is 320 g/mol. The molecule has 1 saturated carbocycles. The summed E-state index contributed by atoms with van der Waals surface area (Å²) in [6, 6.07) is -0.239. The van der Waals surface area contributed by atoms with Crippen LogP contribution in [0.2, 0.25) is 0 Å². The van der Waals surface area contributed by atoms with Gasteiger partial charge in [0.15, 0.2) is 0 Å². The molecule has 2 aliphatic rings. The molecule has 2 N–H and O–H groups in total. The minimum absolute atomic E-state index is 0. The molecule has 5 nitrogen and oxygen atoms in total. The maximum absolute atomic E-state index is 12.0. The summed E-state index contributed by atoms with van der Waals surface area (Å²) in [4.78, 5) is 12.0. The lowest BCUT2D eigenvalue weighted by atomic mass is 9.88. The first-order valence-electron chi connectivity index (χ1n) is 7.93. The van der Waals surface area contributed by atoms with Crippen molar-refractivity contribution in [2.75, 3.05) is 26.3 Å². The molecular weight excluding hydrogens is 292 g/mol. The van der Waals surface area contributed by atoms with E-state index in [-0.39, 0.29) is 30.5 Å². The van der Waals surface area contributed by atoms with Gasteiger partial charge in [-0.3, -0.25) is 4.79 Å². The number of carbonyl (C=O) groups excluding carboxylic acids is 1. The summed E-state index contributed by atoms with van der Waals surface area (Å²) in [5, 5.41) is 6.12. The van der Waals surface area contributed by atoms with Crippen LogP contribution < -0.4 is 10.6 Å². The number of hydrogen-bond donors (Lipinski definition) is 2. The molecule has 1 saturated heterocycles. The van der Waals surface area contributed by atoms with E-state index in [1.54, 1.807) is 0 Å². The Morgan fingerprint density at radius 1 is 1.33 bits per heavy atom. The zero-order chi connectivity index (χ0) is 14.4. The summed E-state index contributed by atoms with van der Waals surface area (Å²) in [6.45, 7) is 6.77. The quantitative estimate of drug-likeness (QED) is 0.754. The first-order valence-corrected chi connectivity index (χ1v) is 7.93. The van der Waals surface area contributed by atoms with Gasteiger partial charge in [-0.05, 0) is 25.7 Å². The topological polar surface area (TPSA) is 59.6 Å². The predicted molar refractivity (Wildman–Crippen MR) is 84.8 cm³/mol. The zero-order valence-electron chi connectivity index (χ0n) is 13.1. The summed E-state index contributed by atoms with van der Waals surface area (Å²) in [5.74, 6) is 0.658. The number of halogens is 1. The molecule has 2 rings (SSSR count). The zero-order valence-corrected chi connectivity index (χ0v) is 13.9. The SMILES string of the molecule is CC1CCCCC1OCCNC(=O)[C@H]1NCCO[C@@H]1C.Cl. The van der Waals surface area contributed by atoms with Crippen molar-refractivity contribution in [3.05, 3.63) is 0 Å². The second-order valence-electron chi connectivity index (χ2n) is 5.97. The number of nitrogens with one attached hydrogen (secondary N) is 2. The Hall–Kier alpha value is -0.360. The van der Waals surface area contributed by atoms with Gasteiger partial charge in [-0.25, -0.2) is 0 Å². The summed E-state index contributed by atoms with van der Waals surface area (Å²) < 4.78 is 11.4. The van der Waals surface area contributed by atoms with Crippen LogP contribution in [0.15, 0.2) is 0 Å². The van der Waals surface area contributed by atoms with Gasteiger partial charge in [0.25, 0.3) is 0 Å². The second kappa shape index (κ2) is 9.62. The van der Waals surface area contributed by atoms with Crippen molar-refractivity contribution in [2.24, 2.45) is 5.92 Å². The molecule has 1 aliphatic carbocycles. The van der Waals surface area contributed by atoms with E-state index in [9.17, 15) is 4.79 Å². The van der Waals surface area contributed by atoms with Gasteiger partial charge in [0.2, 0.25) is 5.91 Å². The Labute approximate surface area is 133 Å². The highest BCUT2D eigenvalue weighted by atomic mass is 35.5. The van der Waals surface area contributed by atoms with Gasteiger partial charge in [0.05, 0.1) is 25.4 Å². The standard InChI is InChI=1S/C15H28N2O3.ClH/c1-11-5-3-4-6-13(11)20-10-8-17-15(18)14-12(2)19-9-7-16-14;/h11-14,16H,3-10H2,1-2H3,(H,17,18);1H/t11?,12-,13?,14+;/m1./s1. The molecule has 124 valence electrons. The predicted octanol–water partition coefficient (Wildman–Crippen LogP) is 1.50. The van der Waals surface area contributed by atoms with Crippen LogP contribution in [0, 0.1) is 5.92 Å². The molecular formula is C15H29ClN2O3. The highest BCUT2D eigenvalue weighted by Crippen LogP contribution is 2.25. The van der Waals surface area contributed by atoms with Crippen molar-refractivity contribution in [3.63, 3.8) is 0 Å². The van der Waals surface area contributed by atoms with Crippen LogP contribution in [0.25, 0.3) is 0 Å². The molecule has 0 radical (unpaired) electrons. The van der Waals surface area contributed by atoms with Crippen LogP contribution in [0.4, 0.5) is 0 Å². The Kier molecular flexibility index (Phi) is 8.56. The number of rotatable bonds is 5. The number of carbonyl (C=O) groups is 1. The van der Waals surface area contributed by atoms with Gasteiger partial charge in [-0.2, -0.15) is 0 Å². The Bertz CT molecular complexity index is 317. The first-order chi connectivity index (χ1) is 9.68. The van der Waals surface area contributed by atoms with Crippen LogP contribution in [0.1, 0.15) is 39.5 Å². The van der Waals surface area contributed by atoms with Gasteiger partial charge < -0.3 is 20.1 Å². The average Bonchev–Trinajstić information content (AvgIpc) is 2.45. The van der Waals surface area contributed by atoms with Crippen molar-refractivity contribution in [3.8, 4) is 0 Å². The third-order valence-corrected chi connectivity index (χ3v) is 4.36. The molecule has 1 heterocycles. The van der Waals surface area contributed by atoms with E-state index in [1.165, 1.54) is 19.3 Å². The lowest BCUT2D eigenvalue weighted by Gasteiger charge is -2.30. The van der Waals surface area contributed by atoms with Crippen molar-refractivity contribution in [1.82, 2.24) is 10.6 Å². The Morgan fingerprint density at radius 3 is 2.81 bits per heavy atom. The van der Waals surface area contributed by atoms with Crippen LogP contribution >= 0.6 is 12.4 Å². The van der Waals surface area contributed by atoms with E-state index in [1.807, 2.05) is 6.92 Å². The largest absolute Gasteiger partial charge is 0.376 e. The van der Waals surface area contributed by atoms with Crippen molar-refractivity contribution >= 4 is 18.3 Å². The van der Waals surface area contributed by atoms with E-state index in [4.69, 9.17) is 9.47 Å². The van der Waals surface area contributed by atoms with Gasteiger partial charge in [0, 0.05) is 13.1 Å². The highest BCUT2D eigenvalue weighted by Gasteiger charge is 2.28. The van der Waals surface area contributed by atoms with E-state index in [0.29, 0.717) is 31.8 Å². The molecule has 2 fully saturated rings. The molecule has 1 aliphatic heterocycles. The molecule has 0 aromatic carbocycles. The molecule has 21 heavy (non-hydrogen) atoms. The van der Waals surface area contributed by atoms with Gasteiger partial charge in [-0.1, -0.05) is 19.8 Å². The maximum atomic E-state index is 12.0. The maximum Gasteiger partial charge on any atom is 0.239 e. The molecule has 0 spiro atoms. The van der Waals surface area contributed by atoms with E-state index in [2.05, 4.69) is 17.6 Å². The van der Waals surface area contributed by atoms with Crippen LogP contribution in [-0.4, -0.2) is 50.5 Å². The van der Waals surface area contributed by atoms with E-state index >= 15 is 0 Å². The summed E-state index contributed by atoms with van der Waals surface area (Å²) in [7, 11) is 0. The number of hydrogen-bond acceptors (Lipinski definition) is 4. The summed E-state index contributed by atoms with van der Waals surface area (Å²) in [5.41, 5.74) is 0. The third-order valence-electron chi connectivity index (χ3n) is 4.36. The lowest BCUT2D eigenvalue weighted by molar-refractivity contribution is -0.129. The number of ether oxygens (including phenoxy) is 2. The van der Waals surface area contributed by atoms with Gasteiger partial charge >= 0.3 is 0 Å². The smallest absolute Gasteiger partial charge is 0.239 e. The Morgan fingerprint density at radius 2 is 2.10 bits per heavy atom. The summed E-state index contributed by atoms with van der Waals surface area (Å²) in [6.07, 6.45) is 5.31. The van der Waals surface area contributed by atoms with Crippen molar-refractivity contribution in [2.45, 2.75) is 57.8 Å². The average molecular weight is 321 g/mol. The molecule has 4 atom stereocenters. The van der Waals surface area contributed by atoms with Gasteiger partial charge in [-0.15, -0.1) is 12.4 Å². The summed E-state index contributed by atoms with van der Waals surface area (Å²) >= 11 is 0. The van der Waals surface area contributed by atoms with Crippen LogP contribution in [0.3, 0.4) is 0 Å². The Balaban J connectivity index is 0.00000220. The minimum Gasteiger partial charge on any atom is -0.376 e. The lowest BCUT2D eigenvalue weighted by Crippen LogP contribution is -2.55. The first kappa shape index (κ1) is 18.7. The minimum atomic E-state index is -0.239. The van der Waals surface area contributed by atoms with Gasteiger partial charge in [0.1, 0.15) is 6.04 Å². The molecule has 1 amide bonds. The van der Waals surface area contributed by atoms with Crippen LogP contribution in [0.5, 0.6) is 0 Å². The molecule has 0 bridgehead atoms. The van der Waals surface area contributed by atoms with Crippen molar-refractivity contribution in [1.29, 1.82) is 0 Å². The number of morpholine rings is 1. The normalized spacial score (nSPS) is 33.0. The van der Waals surface area contributed by atoms with Crippen molar-refractivity contribution < 1.29 is 14.3 Å². The second-order valence-corrected chi connectivity index (χ2v) is 5.97. The highest BCUT2D eigenvalue weighted by molar-refractivity contribution is 5.85. The molecule has 0 aromatic rings. The molecule has 6 heteroatoms. The molecule has 0 aromatic heterocycles. The fourth-order valence-electron chi connectivity index (χ4n) is 3.05. The fourth-order valence-corrected chi connectivity index (χ4v) is 3.05.